The Morgan fingerprint density at radius 1 is 1.45 bits per heavy atom. The summed E-state index contributed by atoms with van der Waals surface area (Å²) >= 11 is 3.41. The van der Waals surface area contributed by atoms with Crippen LogP contribution in [-0.2, 0) is 4.74 Å². The van der Waals surface area contributed by atoms with Gasteiger partial charge in [-0.15, -0.1) is 0 Å². The van der Waals surface area contributed by atoms with Gasteiger partial charge < -0.3 is 10.1 Å². The molecule has 1 saturated heterocycles. The average Bonchev–Trinajstić information content (AvgIpc) is 2.87. The van der Waals surface area contributed by atoms with Crippen LogP contribution >= 0.6 is 15.9 Å². The second kappa shape index (κ2) is 5.73. The molecule has 3 rings (SSSR count). The van der Waals surface area contributed by atoms with E-state index in [1.54, 1.807) is 23.1 Å². The van der Waals surface area contributed by atoms with Gasteiger partial charge in [0.15, 0.2) is 5.82 Å². The first kappa shape index (κ1) is 15.6. The first-order valence-electron chi connectivity index (χ1n) is 7.10. The molecule has 0 spiro atoms. The number of halogens is 3. The average molecular weight is 375 g/mol. The van der Waals surface area contributed by atoms with Gasteiger partial charge in [0.1, 0.15) is 5.52 Å². The van der Waals surface area contributed by atoms with Crippen LogP contribution in [0.2, 0.25) is 0 Å². The Morgan fingerprint density at radius 2 is 2.18 bits per heavy atom. The highest BCUT2D eigenvalue weighted by Crippen LogP contribution is 2.44. The van der Waals surface area contributed by atoms with Gasteiger partial charge in [-0.05, 0) is 35.7 Å². The zero-order chi connectivity index (χ0) is 15.8. The van der Waals surface area contributed by atoms with Gasteiger partial charge in [-0.1, -0.05) is 0 Å². The van der Waals surface area contributed by atoms with Crippen molar-refractivity contribution in [3.05, 3.63) is 23.1 Å². The third-order valence-electron chi connectivity index (χ3n) is 4.36. The van der Waals surface area contributed by atoms with Crippen LogP contribution in [0.3, 0.4) is 0 Å². The molecule has 0 saturated carbocycles. The minimum atomic E-state index is -2.79. The van der Waals surface area contributed by atoms with E-state index in [2.05, 4.69) is 31.3 Å². The Hall–Kier alpha value is -1.28. The van der Waals surface area contributed by atoms with Crippen molar-refractivity contribution in [2.75, 3.05) is 25.1 Å². The number of anilines is 1. The van der Waals surface area contributed by atoms with Crippen LogP contribution in [0.5, 0.6) is 0 Å². The van der Waals surface area contributed by atoms with E-state index in [1.807, 2.05) is 0 Å². The van der Waals surface area contributed by atoms with Crippen molar-refractivity contribution in [3.63, 3.8) is 0 Å². The van der Waals surface area contributed by atoms with Crippen molar-refractivity contribution < 1.29 is 13.5 Å². The van der Waals surface area contributed by atoms with Crippen molar-refractivity contribution in [2.45, 2.75) is 25.7 Å². The highest BCUT2D eigenvalue weighted by atomic mass is 79.9. The molecule has 120 valence electrons. The van der Waals surface area contributed by atoms with Gasteiger partial charge >= 0.3 is 0 Å². The molecular weight excluding hydrogens is 358 g/mol. The monoisotopic (exact) mass is 374 g/mol. The van der Waals surface area contributed by atoms with Gasteiger partial charge in [-0.3, -0.25) is 0 Å². The topological polar surface area (TPSA) is 51.5 Å². The molecule has 0 aliphatic carbocycles. The second-order valence-electron chi connectivity index (χ2n) is 5.70. The Labute approximate surface area is 135 Å². The number of hydrogen-bond donors (Lipinski definition) is 1. The standard InChI is InChI=1S/C14H17BrF2N4O/c1-13(16,17)14(2-6-22-7-3-14)9-19-12-11-10(15)8-20-21(11)5-4-18-12/h4-5,8H,2-3,6-7,9H2,1H3,(H,18,19). The van der Waals surface area contributed by atoms with E-state index in [0.29, 0.717) is 31.9 Å². The maximum Gasteiger partial charge on any atom is 0.252 e. The van der Waals surface area contributed by atoms with Gasteiger partial charge in [0.2, 0.25) is 0 Å². The third-order valence-corrected chi connectivity index (χ3v) is 4.94. The first-order valence-corrected chi connectivity index (χ1v) is 7.90. The van der Waals surface area contributed by atoms with E-state index in [0.717, 1.165) is 16.9 Å². The molecule has 0 bridgehead atoms. The van der Waals surface area contributed by atoms with Gasteiger partial charge in [-0.25, -0.2) is 18.3 Å². The lowest BCUT2D eigenvalue weighted by atomic mass is 9.75. The van der Waals surface area contributed by atoms with Crippen molar-refractivity contribution >= 4 is 27.3 Å². The van der Waals surface area contributed by atoms with Crippen molar-refractivity contribution in [2.24, 2.45) is 5.41 Å². The summed E-state index contributed by atoms with van der Waals surface area (Å²) in [5.41, 5.74) is -0.379. The first-order chi connectivity index (χ1) is 10.4. The summed E-state index contributed by atoms with van der Waals surface area (Å²) in [5.74, 6) is -2.24. The summed E-state index contributed by atoms with van der Waals surface area (Å²) in [6, 6.07) is 0. The summed E-state index contributed by atoms with van der Waals surface area (Å²) < 4.78 is 36.0. The number of fused-ring (bicyclic) bond motifs is 1. The molecular formula is C14H17BrF2N4O. The summed E-state index contributed by atoms with van der Waals surface area (Å²) in [6.07, 6.45) is 5.61. The van der Waals surface area contributed by atoms with E-state index in [1.165, 1.54) is 0 Å². The smallest absolute Gasteiger partial charge is 0.252 e. The van der Waals surface area contributed by atoms with Gasteiger partial charge in [0.25, 0.3) is 5.92 Å². The molecule has 5 nitrogen and oxygen atoms in total. The molecule has 3 heterocycles. The molecule has 1 aliphatic rings. The fourth-order valence-corrected chi connectivity index (χ4v) is 3.28. The summed E-state index contributed by atoms with van der Waals surface area (Å²) in [4.78, 5) is 4.26. The molecule has 0 amide bonds. The molecule has 22 heavy (non-hydrogen) atoms. The van der Waals surface area contributed by atoms with Crippen LogP contribution < -0.4 is 5.32 Å². The number of alkyl halides is 2. The zero-order valence-corrected chi connectivity index (χ0v) is 13.7. The molecule has 0 aromatic carbocycles. The number of nitrogens with one attached hydrogen (secondary N) is 1. The Balaban J connectivity index is 1.87. The van der Waals surface area contributed by atoms with Gasteiger partial charge in [0.05, 0.1) is 16.1 Å². The molecule has 1 aliphatic heterocycles. The van der Waals surface area contributed by atoms with Crippen LogP contribution in [0.25, 0.3) is 5.52 Å². The minimum absolute atomic E-state index is 0.143. The molecule has 2 aromatic rings. The Morgan fingerprint density at radius 3 is 2.86 bits per heavy atom. The highest BCUT2D eigenvalue weighted by Gasteiger charge is 2.50. The maximum absolute atomic E-state index is 14.2. The lowest BCUT2D eigenvalue weighted by Gasteiger charge is -2.41. The molecule has 0 unspecified atom stereocenters. The number of nitrogens with zero attached hydrogens (tertiary/aromatic N) is 3. The van der Waals surface area contributed by atoms with E-state index in [9.17, 15) is 8.78 Å². The molecule has 1 fully saturated rings. The number of rotatable bonds is 4. The van der Waals surface area contributed by atoms with Crippen LogP contribution in [0, 0.1) is 5.41 Å². The van der Waals surface area contributed by atoms with Crippen LogP contribution in [-0.4, -0.2) is 40.3 Å². The van der Waals surface area contributed by atoms with Crippen molar-refractivity contribution in [3.8, 4) is 0 Å². The summed E-state index contributed by atoms with van der Waals surface area (Å²) in [6.45, 7) is 1.85. The van der Waals surface area contributed by atoms with E-state index in [4.69, 9.17) is 4.74 Å². The van der Waals surface area contributed by atoms with Gasteiger partial charge in [-0.2, -0.15) is 5.10 Å². The molecule has 2 aromatic heterocycles. The maximum atomic E-state index is 14.2. The lowest BCUT2D eigenvalue weighted by Crippen LogP contribution is -2.48. The second-order valence-corrected chi connectivity index (χ2v) is 6.55. The molecule has 0 radical (unpaired) electrons. The normalized spacial score (nSPS) is 18.5. The Bertz CT molecular complexity index is 664. The summed E-state index contributed by atoms with van der Waals surface area (Å²) in [5, 5.41) is 7.26. The lowest BCUT2D eigenvalue weighted by molar-refractivity contribution is -0.143. The van der Waals surface area contributed by atoms with Gasteiger partial charge in [0, 0.05) is 32.2 Å². The predicted molar refractivity (Wildman–Crippen MR) is 82.3 cm³/mol. The fourth-order valence-electron chi connectivity index (χ4n) is 2.82. The number of aromatic nitrogens is 3. The Kier molecular flexibility index (Phi) is 4.07. The largest absolute Gasteiger partial charge is 0.381 e. The van der Waals surface area contributed by atoms with E-state index < -0.39 is 11.3 Å². The van der Waals surface area contributed by atoms with Crippen LogP contribution in [0.4, 0.5) is 14.6 Å². The highest BCUT2D eigenvalue weighted by molar-refractivity contribution is 9.10. The molecule has 0 atom stereocenters. The van der Waals surface area contributed by atoms with Crippen LogP contribution in [0.1, 0.15) is 19.8 Å². The summed E-state index contributed by atoms with van der Waals surface area (Å²) in [7, 11) is 0. The SMILES string of the molecule is CC(F)(F)C1(CNc2nccn3ncc(Br)c23)CCOCC1. The number of ether oxygens (including phenoxy) is 1. The zero-order valence-electron chi connectivity index (χ0n) is 12.2. The predicted octanol–water partition coefficient (Wildman–Crippen LogP) is 3.36. The van der Waals surface area contributed by atoms with Crippen molar-refractivity contribution in [1.82, 2.24) is 14.6 Å². The number of hydrogen-bond acceptors (Lipinski definition) is 4. The van der Waals surface area contributed by atoms with E-state index >= 15 is 0 Å². The van der Waals surface area contributed by atoms with Crippen molar-refractivity contribution in [1.29, 1.82) is 0 Å². The minimum Gasteiger partial charge on any atom is -0.381 e. The van der Waals surface area contributed by atoms with E-state index in [-0.39, 0.29) is 6.54 Å². The van der Waals surface area contributed by atoms with Crippen LogP contribution in [0.15, 0.2) is 23.1 Å². The quantitative estimate of drug-likeness (QED) is 0.891. The fraction of sp³-hybridized carbons (Fsp3) is 0.571. The third kappa shape index (κ3) is 2.69. The molecule has 8 heteroatoms. The molecule has 1 N–H and O–H groups in total.